The highest BCUT2D eigenvalue weighted by molar-refractivity contribution is 8.13. The number of fused-ring (bicyclic) bond motifs is 3. The van der Waals surface area contributed by atoms with Gasteiger partial charge in [-0.1, -0.05) is 43.8 Å². The number of benzene rings is 1. The van der Waals surface area contributed by atoms with E-state index < -0.39 is 5.54 Å². The third kappa shape index (κ3) is 3.16. The summed E-state index contributed by atoms with van der Waals surface area (Å²) in [6.07, 6.45) is 9.50. The highest BCUT2D eigenvalue weighted by Crippen LogP contribution is 2.62. The second kappa shape index (κ2) is 7.73. The molecule has 0 radical (unpaired) electrons. The van der Waals surface area contributed by atoms with Crippen molar-refractivity contribution in [3.05, 3.63) is 34.9 Å². The Hall–Kier alpha value is -1.33. The van der Waals surface area contributed by atoms with Crippen LogP contribution in [0.4, 0.5) is 0 Å². The lowest BCUT2D eigenvalue weighted by molar-refractivity contribution is -0.137. The van der Waals surface area contributed by atoms with E-state index in [4.69, 9.17) is 9.73 Å². The van der Waals surface area contributed by atoms with Crippen LogP contribution in [0.2, 0.25) is 0 Å². The van der Waals surface area contributed by atoms with E-state index in [1.807, 2.05) is 13.3 Å². The van der Waals surface area contributed by atoms with Crippen molar-refractivity contribution in [2.45, 2.75) is 70.4 Å². The lowest BCUT2D eigenvalue weighted by atomic mass is 9.61. The summed E-state index contributed by atoms with van der Waals surface area (Å²) in [5.74, 6) is 0.839. The maximum Gasteiger partial charge on any atom is 0.261 e. The molecule has 0 aromatic heterocycles. The van der Waals surface area contributed by atoms with Gasteiger partial charge in [0.25, 0.3) is 5.91 Å². The lowest BCUT2D eigenvalue weighted by Gasteiger charge is -2.45. The zero-order valence-corrected chi connectivity index (χ0v) is 19.3. The molecule has 5 heteroatoms. The molecule has 4 rings (SSSR count). The molecular formula is C24H34N2O2S. The third-order valence-corrected chi connectivity index (χ3v) is 8.17. The van der Waals surface area contributed by atoms with Crippen LogP contribution in [0.15, 0.2) is 23.2 Å². The molecule has 158 valence electrons. The Labute approximate surface area is 179 Å². The van der Waals surface area contributed by atoms with Crippen LogP contribution in [0.1, 0.15) is 62.6 Å². The quantitative estimate of drug-likeness (QED) is 0.711. The van der Waals surface area contributed by atoms with Crippen molar-refractivity contribution in [1.82, 2.24) is 4.90 Å². The molecule has 1 aliphatic heterocycles. The van der Waals surface area contributed by atoms with Gasteiger partial charge in [0.2, 0.25) is 0 Å². The number of methoxy groups -OCH3 is 1. The third-order valence-electron chi connectivity index (χ3n) is 7.44. The number of hydrogen-bond acceptors (Lipinski definition) is 4. The molecule has 1 saturated carbocycles. The van der Waals surface area contributed by atoms with Crippen LogP contribution >= 0.6 is 11.8 Å². The average Bonchev–Trinajstić information content (AvgIpc) is 3.14. The number of carbonyl (C=O) groups is 1. The van der Waals surface area contributed by atoms with Crippen molar-refractivity contribution < 1.29 is 9.53 Å². The molecule has 2 spiro atoms. The molecule has 2 aliphatic carbocycles. The van der Waals surface area contributed by atoms with E-state index in [1.165, 1.54) is 23.1 Å². The smallest absolute Gasteiger partial charge is 0.261 e. The molecule has 1 heterocycles. The average molecular weight is 415 g/mol. The van der Waals surface area contributed by atoms with Gasteiger partial charge in [-0.2, -0.15) is 0 Å². The van der Waals surface area contributed by atoms with E-state index in [9.17, 15) is 4.79 Å². The summed E-state index contributed by atoms with van der Waals surface area (Å²) in [4.78, 5) is 20.8. The molecule has 0 saturated heterocycles. The van der Waals surface area contributed by atoms with E-state index in [1.54, 1.807) is 23.8 Å². The van der Waals surface area contributed by atoms with Crippen molar-refractivity contribution in [3.8, 4) is 0 Å². The molecule has 1 unspecified atom stereocenters. The predicted molar refractivity (Wildman–Crippen MR) is 120 cm³/mol. The summed E-state index contributed by atoms with van der Waals surface area (Å²) in [5, 5.41) is 0.851. The van der Waals surface area contributed by atoms with Crippen molar-refractivity contribution >= 4 is 22.8 Å². The van der Waals surface area contributed by atoms with Crippen molar-refractivity contribution in [3.63, 3.8) is 0 Å². The highest BCUT2D eigenvalue weighted by atomic mass is 32.2. The maximum atomic E-state index is 13.8. The topological polar surface area (TPSA) is 41.9 Å². The molecule has 1 atom stereocenters. The number of amidine groups is 1. The molecule has 29 heavy (non-hydrogen) atoms. The second-order valence-corrected chi connectivity index (χ2v) is 10.3. The molecule has 1 aromatic rings. The van der Waals surface area contributed by atoms with Gasteiger partial charge in [0.1, 0.15) is 0 Å². The summed E-state index contributed by atoms with van der Waals surface area (Å²) < 4.78 is 5.65. The standard InChI is InChI=1S/C24H34N2O2S/c1-16(2)6-7-17-8-9-18-15-23(12-10-19(28-4)11-13-23)24(20(18)14-17)21(27)26(3)22(25-24)29-5/h8-9,14,16,19H,6-7,10-13,15H2,1-5H3. The van der Waals surface area contributed by atoms with E-state index in [0.717, 1.165) is 43.7 Å². The van der Waals surface area contributed by atoms with E-state index in [0.29, 0.717) is 12.0 Å². The molecular weight excluding hydrogens is 380 g/mol. The van der Waals surface area contributed by atoms with Gasteiger partial charge in [0.15, 0.2) is 10.7 Å². The number of ether oxygens (including phenoxy) is 1. The van der Waals surface area contributed by atoms with Crippen LogP contribution in [-0.4, -0.2) is 42.5 Å². The second-order valence-electron chi connectivity index (χ2n) is 9.49. The number of amides is 1. The number of thioether (sulfide) groups is 1. The summed E-state index contributed by atoms with van der Waals surface area (Å²) in [6.45, 7) is 4.53. The first kappa shape index (κ1) is 20.9. The summed E-state index contributed by atoms with van der Waals surface area (Å²) in [7, 11) is 3.70. The summed E-state index contributed by atoms with van der Waals surface area (Å²) in [6, 6.07) is 6.87. The Bertz CT molecular complexity index is 826. The number of nitrogens with zero attached hydrogens (tertiary/aromatic N) is 2. The lowest BCUT2D eigenvalue weighted by Crippen LogP contribution is -2.51. The Morgan fingerprint density at radius 1 is 1.31 bits per heavy atom. The molecule has 0 N–H and O–H groups in total. The zero-order valence-electron chi connectivity index (χ0n) is 18.5. The van der Waals surface area contributed by atoms with Gasteiger partial charge in [-0.25, -0.2) is 4.99 Å². The fourth-order valence-corrected chi connectivity index (χ4v) is 6.31. The zero-order chi connectivity index (χ0) is 20.8. The first-order valence-electron chi connectivity index (χ1n) is 10.9. The van der Waals surface area contributed by atoms with Gasteiger partial charge in [-0.05, 0) is 73.8 Å². The summed E-state index contributed by atoms with van der Waals surface area (Å²) in [5.41, 5.74) is 2.96. The number of hydrogen-bond donors (Lipinski definition) is 0. The maximum absolute atomic E-state index is 13.8. The van der Waals surface area contributed by atoms with Crippen molar-refractivity contribution in [2.24, 2.45) is 16.3 Å². The predicted octanol–water partition coefficient (Wildman–Crippen LogP) is 4.79. The minimum Gasteiger partial charge on any atom is -0.381 e. The number of aryl methyl sites for hydroxylation is 1. The molecule has 3 aliphatic rings. The van der Waals surface area contributed by atoms with Crippen LogP contribution in [-0.2, 0) is 27.9 Å². The van der Waals surface area contributed by atoms with Gasteiger partial charge < -0.3 is 4.74 Å². The summed E-state index contributed by atoms with van der Waals surface area (Å²) >= 11 is 1.58. The van der Waals surface area contributed by atoms with Crippen LogP contribution in [0.5, 0.6) is 0 Å². The normalized spacial score (nSPS) is 31.2. The van der Waals surface area contributed by atoms with Gasteiger partial charge in [-0.15, -0.1) is 0 Å². The first-order chi connectivity index (χ1) is 13.9. The minimum absolute atomic E-state index is 0.121. The van der Waals surface area contributed by atoms with Crippen LogP contribution in [0.25, 0.3) is 0 Å². The fraction of sp³-hybridized carbons (Fsp3) is 0.667. The first-order valence-corrected chi connectivity index (χ1v) is 12.2. The van der Waals surface area contributed by atoms with Crippen LogP contribution < -0.4 is 0 Å². The Morgan fingerprint density at radius 2 is 2.03 bits per heavy atom. The number of likely N-dealkylation sites (N-methyl/N-ethyl adjacent to an activating group) is 1. The SMILES string of the molecule is COC1CCC2(CC1)Cc1ccc(CCC(C)C)cc1C21N=C(SC)N(C)C1=O. The Kier molecular flexibility index (Phi) is 5.58. The molecule has 1 aromatic carbocycles. The van der Waals surface area contributed by atoms with E-state index in [2.05, 4.69) is 32.0 Å². The van der Waals surface area contributed by atoms with Gasteiger partial charge in [0.05, 0.1) is 6.10 Å². The van der Waals surface area contributed by atoms with Gasteiger partial charge in [-0.3, -0.25) is 9.69 Å². The van der Waals surface area contributed by atoms with Crippen LogP contribution in [0, 0.1) is 11.3 Å². The highest BCUT2D eigenvalue weighted by Gasteiger charge is 2.66. The number of rotatable bonds is 4. The Balaban J connectivity index is 1.81. The molecule has 1 amide bonds. The van der Waals surface area contributed by atoms with Gasteiger partial charge in [0, 0.05) is 19.6 Å². The van der Waals surface area contributed by atoms with Gasteiger partial charge >= 0.3 is 0 Å². The van der Waals surface area contributed by atoms with Crippen molar-refractivity contribution in [1.29, 1.82) is 0 Å². The van der Waals surface area contributed by atoms with Crippen molar-refractivity contribution in [2.75, 3.05) is 20.4 Å². The van der Waals surface area contributed by atoms with E-state index in [-0.39, 0.29) is 11.3 Å². The monoisotopic (exact) mass is 414 g/mol. The van der Waals surface area contributed by atoms with Crippen LogP contribution in [0.3, 0.4) is 0 Å². The molecule has 1 fully saturated rings. The Morgan fingerprint density at radius 3 is 2.62 bits per heavy atom. The fourth-order valence-electron chi connectivity index (χ4n) is 5.72. The number of carbonyl (C=O) groups excluding carboxylic acids is 1. The number of aliphatic imine (C=N–C) groups is 1. The van der Waals surface area contributed by atoms with E-state index >= 15 is 0 Å². The molecule has 0 bridgehead atoms. The molecule has 4 nitrogen and oxygen atoms in total. The minimum atomic E-state index is -0.748. The largest absolute Gasteiger partial charge is 0.381 e.